The number of rotatable bonds is 6. The van der Waals surface area contributed by atoms with Crippen molar-refractivity contribution in [3.8, 4) is 0 Å². The standard InChI is InChI=1S/C21H21F3N2O/c1-14(6-5-7-15(2)10-11-27)8-9-19-16(3)12-18(13-17(19)4)20(25-26-20)21(22,23)24/h5-13H,1-4H3/b7-5-,9-8+,14-6+,15-10+. The van der Waals surface area contributed by atoms with E-state index in [0.717, 1.165) is 34.1 Å². The predicted octanol–water partition coefficient (Wildman–Crippen LogP) is 6.15. The minimum atomic E-state index is -4.52. The average molecular weight is 374 g/mol. The summed E-state index contributed by atoms with van der Waals surface area (Å²) in [5.74, 6) is 0. The maximum Gasteiger partial charge on any atom is 0.442 e. The van der Waals surface area contributed by atoms with Gasteiger partial charge >= 0.3 is 11.8 Å². The molecule has 6 heteroatoms. The van der Waals surface area contributed by atoms with Crippen LogP contribution < -0.4 is 0 Å². The first-order chi connectivity index (χ1) is 12.6. The fraction of sp³-hybridized carbons (Fsp3) is 0.286. The normalized spacial score (nSPS) is 17.1. The Balaban J connectivity index is 2.22. The molecule has 0 bridgehead atoms. The minimum absolute atomic E-state index is 0.0507. The van der Waals surface area contributed by atoms with Crippen molar-refractivity contribution in [3.63, 3.8) is 0 Å². The number of carbonyl (C=O) groups is 1. The fourth-order valence-electron chi connectivity index (χ4n) is 2.67. The van der Waals surface area contributed by atoms with E-state index in [-0.39, 0.29) is 5.56 Å². The Bertz CT molecular complexity index is 858. The molecule has 1 aliphatic rings. The van der Waals surface area contributed by atoms with Gasteiger partial charge in [-0.3, -0.25) is 4.79 Å². The number of nitrogens with zero attached hydrogens (tertiary/aromatic N) is 2. The average Bonchev–Trinajstić information content (AvgIpc) is 3.35. The first-order valence-electron chi connectivity index (χ1n) is 8.38. The van der Waals surface area contributed by atoms with Crippen LogP contribution in [-0.4, -0.2) is 12.5 Å². The smallest absolute Gasteiger partial charge is 0.299 e. The van der Waals surface area contributed by atoms with E-state index in [9.17, 15) is 18.0 Å². The zero-order valence-corrected chi connectivity index (χ0v) is 15.6. The van der Waals surface area contributed by atoms with Crippen molar-refractivity contribution >= 4 is 12.4 Å². The highest BCUT2D eigenvalue weighted by atomic mass is 19.4. The van der Waals surface area contributed by atoms with Crippen molar-refractivity contribution in [2.75, 3.05) is 0 Å². The second-order valence-electron chi connectivity index (χ2n) is 6.54. The summed E-state index contributed by atoms with van der Waals surface area (Å²) in [6, 6.07) is 2.99. The van der Waals surface area contributed by atoms with Gasteiger partial charge in [-0.15, -0.1) is 10.2 Å². The molecule has 1 aliphatic heterocycles. The third-order valence-electron chi connectivity index (χ3n) is 4.25. The van der Waals surface area contributed by atoms with Crippen LogP contribution >= 0.6 is 0 Å². The summed E-state index contributed by atoms with van der Waals surface area (Å²) in [4.78, 5) is 10.4. The highest BCUT2D eigenvalue weighted by molar-refractivity contribution is 5.67. The Labute approximate surface area is 156 Å². The maximum absolute atomic E-state index is 13.2. The van der Waals surface area contributed by atoms with Gasteiger partial charge in [0.2, 0.25) is 0 Å². The number of aldehydes is 1. The van der Waals surface area contributed by atoms with E-state index in [4.69, 9.17) is 0 Å². The molecule has 0 N–H and O–H groups in total. The SMILES string of the molecule is CC(/C=C\C=C(C)\C=C\c1c(C)cc(C2(C(F)(F)F)N=N2)cc1C)=C\C=O. The van der Waals surface area contributed by atoms with Crippen LogP contribution in [0.1, 0.15) is 36.1 Å². The number of aryl methyl sites for hydroxylation is 2. The van der Waals surface area contributed by atoms with Crippen LogP contribution in [0.5, 0.6) is 0 Å². The molecule has 27 heavy (non-hydrogen) atoms. The van der Waals surface area contributed by atoms with E-state index in [2.05, 4.69) is 10.2 Å². The van der Waals surface area contributed by atoms with E-state index in [0.29, 0.717) is 0 Å². The van der Waals surface area contributed by atoms with Crippen LogP contribution in [-0.2, 0) is 10.5 Å². The van der Waals surface area contributed by atoms with Crippen molar-refractivity contribution in [3.05, 3.63) is 75.9 Å². The largest absolute Gasteiger partial charge is 0.442 e. The molecule has 0 aromatic heterocycles. The molecule has 0 fully saturated rings. The van der Waals surface area contributed by atoms with E-state index < -0.39 is 11.8 Å². The number of hydrogen-bond acceptors (Lipinski definition) is 3. The molecule has 0 atom stereocenters. The molecule has 0 saturated carbocycles. The zero-order chi connectivity index (χ0) is 20.2. The molecule has 0 aliphatic carbocycles. The number of allylic oxidation sites excluding steroid dienone is 7. The Morgan fingerprint density at radius 1 is 1.00 bits per heavy atom. The Hall–Kier alpha value is -2.76. The van der Waals surface area contributed by atoms with Crippen molar-refractivity contribution in [2.24, 2.45) is 10.2 Å². The van der Waals surface area contributed by atoms with Gasteiger partial charge in [0.05, 0.1) is 0 Å². The molecule has 0 saturated heterocycles. The third-order valence-corrected chi connectivity index (χ3v) is 4.25. The van der Waals surface area contributed by atoms with Crippen molar-refractivity contribution < 1.29 is 18.0 Å². The molecule has 1 aromatic carbocycles. The van der Waals surface area contributed by atoms with Crippen molar-refractivity contribution in [1.82, 2.24) is 0 Å². The second-order valence-corrected chi connectivity index (χ2v) is 6.54. The summed E-state index contributed by atoms with van der Waals surface area (Å²) in [6.45, 7) is 7.29. The number of halogens is 3. The van der Waals surface area contributed by atoms with Gasteiger partial charge in [-0.05, 0) is 56.0 Å². The van der Waals surface area contributed by atoms with E-state index in [1.165, 1.54) is 18.2 Å². The number of carbonyl (C=O) groups excluding carboxylic acids is 1. The number of benzene rings is 1. The van der Waals surface area contributed by atoms with Crippen LogP contribution in [0.3, 0.4) is 0 Å². The summed E-state index contributed by atoms with van der Waals surface area (Å²) in [5.41, 5.74) is 1.80. The van der Waals surface area contributed by atoms with Crippen LogP contribution in [0.15, 0.2) is 63.9 Å². The molecule has 0 spiro atoms. The van der Waals surface area contributed by atoms with Gasteiger partial charge < -0.3 is 0 Å². The summed E-state index contributed by atoms with van der Waals surface area (Å²) < 4.78 is 39.6. The highest BCUT2D eigenvalue weighted by Crippen LogP contribution is 2.52. The lowest BCUT2D eigenvalue weighted by Gasteiger charge is -2.17. The first kappa shape index (κ1) is 20.6. The van der Waals surface area contributed by atoms with Crippen LogP contribution in [0.2, 0.25) is 0 Å². The summed E-state index contributed by atoms with van der Waals surface area (Å²) in [7, 11) is 0. The lowest BCUT2D eigenvalue weighted by atomic mass is 9.93. The number of alkyl halides is 3. The van der Waals surface area contributed by atoms with E-state index in [1.807, 2.05) is 44.2 Å². The molecule has 3 nitrogen and oxygen atoms in total. The lowest BCUT2D eigenvalue weighted by Crippen LogP contribution is -2.30. The number of hydrogen-bond donors (Lipinski definition) is 0. The molecule has 0 unspecified atom stereocenters. The van der Waals surface area contributed by atoms with Crippen LogP contribution in [0.25, 0.3) is 6.08 Å². The topological polar surface area (TPSA) is 41.8 Å². The van der Waals surface area contributed by atoms with Gasteiger partial charge in [0.15, 0.2) is 0 Å². The Kier molecular flexibility index (Phi) is 5.98. The molecule has 1 heterocycles. The summed E-state index contributed by atoms with van der Waals surface area (Å²) >= 11 is 0. The third kappa shape index (κ3) is 4.70. The zero-order valence-electron chi connectivity index (χ0n) is 15.6. The highest BCUT2D eigenvalue weighted by Gasteiger charge is 2.65. The molecule has 2 rings (SSSR count). The second kappa shape index (κ2) is 7.86. The lowest BCUT2D eigenvalue weighted by molar-refractivity contribution is -0.166. The predicted molar refractivity (Wildman–Crippen MR) is 100 cm³/mol. The quantitative estimate of drug-likeness (QED) is 0.335. The van der Waals surface area contributed by atoms with Crippen molar-refractivity contribution in [1.29, 1.82) is 0 Å². The van der Waals surface area contributed by atoms with Gasteiger partial charge in [-0.1, -0.05) is 48.1 Å². The van der Waals surface area contributed by atoms with Crippen LogP contribution in [0, 0.1) is 13.8 Å². The van der Waals surface area contributed by atoms with E-state index >= 15 is 0 Å². The van der Waals surface area contributed by atoms with E-state index in [1.54, 1.807) is 13.8 Å². The maximum atomic E-state index is 13.2. The molecular formula is C21H21F3N2O. The molecular weight excluding hydrogens is 353 g/mol. The van der Waals surface area contributed by atoms with Gasteiger partial charge in [0.1, 0.15) is 6.29 Å². The molecule has 0 amide bonds. The molecule has 1 aromatic rings. The Morgan fingerprint density at radius 2 is 1.56 bits per heavy atom. The fourth-order valence-corrected chi connectivity index (χ4v) is 2.67. The summed E-state index contributed by atoms with van der Waals surface area (Å²) in [5, 5.41) is 6.52. The van der Waals surface area contributed by atoms with Crippen molar-refractivity contribution in [2.45, 2.75) is 39.5 Å². The minimum Gasteiger partial charge on any atom is -0.299 e. The molecule has 0 radical (unpaired) electrons. The summed E-state index contributed by atoms with van der Waals surface area (Å²) in [6.07, 6.45) is 6.99. The van der Waals surface area contributed by atoms with Gasteiger partial charge in [-0.25, -0.2) is 0 Å². The van der Waals surface area contributed by atoms with Crippen LogP contribution in [0.4, 0.5) is 13.2 Å². The van der Waals surface area contributed by atoms with Gasteiger partial charge in [0, 0.05) is 5.56 Å². The Morgan fingerprint density at radius 3 is 2.04 bits per heavy atom. The van der Waals surface area contributed by atoms with Gasteiger partial charge in [-0.2, -0.15) is 13.2 Å². The van der Waals surface area contributed by atoms with Gasteiger partial charge in [0.25, 0.3) is 0 Å². The molecule has 142 valence electrons. The first-order valence-corrected chi connectivity index (χ1v) is 8.38. The monoisotopic (exact) mass is 374 g/mol.